The highest BCUT2D eigenvalue weighted by Crippen LogP contribution is 1.93. The van der Waals surface area contributed by atoms with Crippen molar-refractivity contribution in [1.29, 1.82) is 0 Å². The highest BCUT2D eigenvalue weighted by atomic mass is 16.1. The highest BCUT2D eigenvalue weighted by Gasteiger charge is 2.11. The van der Waals surface area contributed by atoms with Crippen LogP contribution in [-0.4, -0.2) is 34.3 Å². The summed E-state index contributed by atoms with van der Waals surface area (Å²) in [5.74, 6) is 0.595. The van der Waals surface area contributed by atoms with Gasteiger partial charge >= 0.3 is 0 Å². The molecule has 0 radical (unpaired) electrons. The van der Waals surface area contributed by atoms with Gasteiger partial charge in [0.05, 0.1) is 6.54 Å². The minimum absolute atomic E-state index is 0.0109. The second-order valence-corrected chi connectivity index (χ2v) is 3.51. The molecule has 0 saturated heterocycles. The van der Waals surface area contributed by atoms with Crippen LogP contribution in [0.5, 0.6) is 0 Å². The first-order valence-electron chi connectivity index (χ1n) is 4.90. The van der Waals surface area contributed by atoms with Crippen molar-refractivity contribution in [2.24, 2.45) is 13.0 Å². The third-order valence-corrected chi connectivity index (χ3v) is 2.03. The van der Waals surface area contributed by atoms with E-state index in [-0.39, 0.29) is 11.8 Å². The lowest BCUT2D eigenvalue weighted by atomic mass is 10.1. The number of carbonyl (C=O) groups excluding carboxylic acids is 1. The van der Waals surface area contributed by atoms with Crippen molar-refractivity contribution in [2.45, 2.75) is 13.5 Å². The van der Waals surface area contributed by atoms with E-state index in [4.69, 9.17) is 0 Å². The lowest BCUT2D eigenvalue weighted by Gasteiger charge is -2.09. The first-order valence-corrected chi connectivity index (χ1v) is 4.90. The van der Waals surface area contributed by atoms with Crippen LogP contribution in [0.15, 0.2) is 6.33 Å². The first kappa shape index (κ1) is 11.6. The van der Waals surface area contributed by atoms with Gasteiger partial charge in [-0.3, -0.25) is 9.48 Å². The van der Waals surface area contributed by atoms with E-state index in [0.29, 0.717) is 18.9 Å². The molecule has 1 unspecified atom stereocenters. The number of carbonyl (C=O) groups is 1. The lowest BCUT2D eigenvalue weighted by Crippen LogP contribution is -2.34. The predicted molar refractivity (Wildman–Crippen MR) is 55.9 cm³/mol. The van der Waals surface area contributed by atoms with Crippen LogP contribution < -0.4 is 10.6 Å². The van der Waals surface area contributed by atoms with Gasteiger partial charge in [-0.25, -0.2) is 4.98 Å². The normalized spacial score (nSPS) is 12.5. The Hall–Kier alpha value is -1.43. The van der Waals surface area contributed by atoms with E-state index >= 15 is 0 Å². The van der Waals surface area contributed by atoms with Crippen LogP contribution in [0.4, 0.5) is 0 Å². The topological polar surface area (TPSA) is 71.8 Å². The van der Waals surface area contributed by atoms with Crippen LogP contribution in [0.3, 0.4) is 0 Å². The van der Waals surface area contributed by atoms with Crippen molar-refractivity contribution < 1.29 is 4.79 Å². The summed E-state index contributed by atoms with van der Waals surface area (Å²) in [6.45, 7) is 2.92. The summed E-state index contributed by atoms with van der Waals surface area (Å²) in [4.78, 5) is 15.5. The molecule has 2 N–H and O–H groups in total. The maximum absolute atomic E-state index is 11.5. The van der Waals surface area contributed by atoms with E-state index in [1.54, 1.807) is 18.1 Å². The van der Waals surface area contributed by atoms with Crippen molar-refractivity contribution in [3.05, 3.63) is 12.2 Å². The van der Waals surface area contributed by atoms with Gasteiger partial charge in [0, 0.05) is 19.5 Å². The molecule has 0 fully saturated rings. The smallest absolute Gasteiger partial charge is 0.224 e. The summed E-state index contributed by atoms with van der Waals surface area (Å²) < 4.78 is 1.61. The number of hydrogen-bond acceptors (Lipinski definition) is 4. The molecule has 1 heterocycles. The molecule has 15 heavy (non-hydrogen) atoms. The molecule has 6 heteroatoms. The van der Waals surface area contributed by atoms with Crippen molar-refractivity contribution in [3.8, 4) is 0 Å². The van der Waals surface area contributed by atoms with Crippen molar-refractivity contribution in [3.63, 3.8) is 0 Å². The van der Waals surface area contributed by atoms with Gasteiger partial charge in [-0.2, -0.15) is 5.10 Å². The molecule has 0 aliphatic carbocycles. The minimum Gasteiger partial charge on any atom is -0.348 e. The van der Waals surface area contributed by atoms with Crippen molar-refractivity contribution in [1.82, 2.24) is 25.4 Å². The van der Waals surface area contributed by atoms with Crippen molar-refractivity contribution >= 4 is 5.91 Å². The molecule has 0 aliphatic rings. The third-order valence-electron chi connectivity index (χ3n) is 2.03. The molecule has 1 aromatic heterocycles. The Balaban J connectivity index is 2.34. The highest BCUT2D eigenvalue weighted by molar-refractivity contribution is 5.78. The van der Waals surface area contributed by atoms with Gasteiger partial charge in [-0.05, 0) is 7.05 Å². The Morgan fingerprint density at radius 2 is 2.40 bits per heavy atom. The average molecular weight is 211 g/mol. The maximum atomic E-state index is 11.5. The quantitative estimate of drug-likeness (QED) is 0.674. The van der Waals surface area contributed by atoms with E-state index in [1.807, 2.05) is 14.0 Å². The SMILES string of the molecule is CNCC(C)C(=O)NCc1ncn(C)n1. The standard InChI is InChI=1S/C9H17N5O/c1-7(4-10-2)9(15)11-5-8-12-6-14(3)13-8/h6-7,10H,4-5H2,1-3H3,(H,11,15). The lowest BCUT2D eigenvalue weighted by molar-refractivity contribution is -0.124. The Morgan fingerprint density at radius 1 is 1.67 bits per heavy atom. The molecule has 0 aromatic carbocycles. The number of amides is 1. The van der Waals surface area contributed by atoms with E-state index in [0.717, 1.165) is 0 Å². The Labute approximate surface area is 89.1 Å². The zero-order valence-electron chi connectivity index (χ0n) is 9.32. The second-order valence-electron chi connectivity index (χ2n) is 3.51. The molecule has 1 amide bonds. The zero-order valence-corrected chi connectivity index (χ0v) is 9.32. The van der Waals surface area contributed by atoms with Crippen LogP contribution in [0.2, 0.25) is 0 Å². The Morgan fingerprint density at radius 3 is 2.93 bits per heavy atom. The largest absolute Gasteiger partial charge is 0.348 e. The van der Waals surface area contributed by atoms with Gasteiger partial charge in [-0.1, -0.05) is 6.92 Å². The van der Waals surface area contributed by atoms with E-state index in [9.17, 15) is 4.79 Å². The van der Waals surface area contributed by atoms with Gasteiger partial charge in [0.25, 0.3) is 0 Å². The van der Waals surface area contributed by atoms with Gasteiger partial charge < -0.3 is 10.6 Å². The van der Waals surface area contributed by atoms with Crippen LogP contribution in [-0.2, 0) is 18.4 Å². The molecule has 1 atom stereocenters. The fourth-order valence-electron chi connectivity index (χ4n) is 1.20. The molecule has 1 aromatic rings. The van der Waals surface area contributed by atoms with Gasteiger partial charge in [-0.15, -0.1) is 0 Å². The minimum atomic E-state index is -0.0429. The van der Waals surface area contributed by atoms with E-state index < -0.39 is 0 Å². The van der Waals surface area contributed by atoms with Crippen LogP contribution >= 0.6 is 0 Å². The Bertz CT molecular complexity index is 322. The van der Waals surface area contributed by atoms with Crippen LogP contribution in [0.25, 0.3) is 0 Å². The molecular weight excluding hydrogens is 194 g/mol. The fraction of sp³-hybridized carbons (Fsp3) is 0.667. The monoisotopic (exact) mass is 211 g/mol. The van der Waals surface area contributed by atoms with Gasteiger partial charge in [0.15, 0.2) is 5.82 Å². The van der Waals surface area contributed by atoms with Gasteiger partial charge in [0.1, 0.15) is 6.33 Å². The molecule has 6 nitrogen and oxygen atoms in total. The van der Waals surface area contributed by atoms with Crippen molar-refractivity contribution in [2.75, 3.05) is 13.6 Å². The number of aryl methyl sites for hydroxylation is 1. The number of hydrogen-bond donors (Lipinski definition) is 2. The summed E-state index contributed by atoms with van der Waals surface area (Å²) in [5, 5.41) is 9.80. The van der Waals surface area contributed by atoms with Crippen LogP contribution in [0.1, 0.15) is 12.7 Å². The molecule has 0 saturated carbocycles. The van der Waals surface area contributed by atoms with E-state index in [1.165, 1.54) is 0 Å². The fourth-order valence-corrected chi connectivity index (χ4v) is 1.20. The first-order chi connectivity index (χ1) is 7.13. The average Bonchev–Trinajstić information content (AvgIpc) is 2.61. The molecule has 0 spiro atoms. The van der Waals surface area contributed by atoms with Crippen LogP contribution in [0, 0.1) is 5.92 Å². The van der Waals surface area contributed by atoms with Gasteiger partial charge in [0.2, 0.25) is 5.91 Å². The zero-order chi connectivity index (χ0) is 11.3. The molecule has 1 rings (SSSR count). The molecule has 84 valence electrons. The second kappa shape index (κ2) is 5.45. The molecule has 0 bridgehead atoms. The summed E-state index contributed by atoms with van der Waals surface area (Å²) in [6, 6.07) is 0. The molecule has 0 aliphatic heterocycles. The Kier molecular flexibility index (Phi) is 4.23. The predicted octanol–water partition coefficient (Wildman–Crippen LogP) is -0.713. The summed E-state index contributed by atoms with van der Waals surface area (Å²) in [6.07, 6.45) is 1.61. The summed E-state index contributed by atoms with van der Waals surface area (Å²) in [5.41, 5.74) is 0. The summed E-state index contributed by atoms with van der Waals surface area (Å²) >= 11 is 0. The number of aromatic nitrogens is 3. The maximum Gasteiger partial charge on any atom is 0.224 e. The number of rotatable bonds is 5. The summed E-state index contributed by atoms with van der Waals surface area (Å²) in [7, 11) is 3.62. The third kappa shape index (κ3) is 3.67. The van der Waals surface area contributed by atoms with E-state index in [2.05, 4.69) is 20.7 Å². The molecular formula is C9H17N5O. The number of nitrogens with zero attached hydrogens (tertiary/aromatic N) is 3. The number of nitrogens with one attached hydrogen (secondary N) is 2.